The quantitative estimate of drug-likeness (QED) is 0.744. The van der Waals surface area contributed by atoms with Gasteiger partial charge in [0.25, 0.3) is 0 Å². The SMILES string of the molecule is CC(=O)CC1(C=O)CCN(C(=O)OC(C)(C)C)C2CC21. The summed E-state index contributed by atoms with van der Waals surface area (Å²) in [5.74, 6) is 0.152. The van der Waals surface area contributed by atoms with Gasteiger partial charge < -0.3 is 14.4 Å². The molecule has 20 heavy (non-hydrogen) atoms. The number of carbonyl (C=O) groups excluding carboxylic acids is 3. The summed E-state index contributed by atoms with van der Waals surface area (Å²) in [5, 5.41) is 0. The maximum atomic E-state index is 12.1. The Morgan fingerprint density at radius 1 is 1.40 bits per heavy atom. The molecule has 0 spiro atoms. The van der Waals surface area contributed by atoms with Gasteiger partial charge in [-0.3, -0.25) is 4.79 Å². The molecule has 1 aliphatic carbocycles. The fraction of sp³-hybridized carbons (Fsp3) is 0.800. The highest BCUT2D eigenvalue weighted by molar-refractivity contribution is 5.81. The lowest BCUT2D eigenvalue weighted by atomic mass is 9.74. The number of ketones is 1. The van der Waals surface area contributed by atoms with Gasteiger partial charge >= 0.3 is 6.09 Å². The fourth-order valence-corrected chi connectivity index (χ4v) is 3.24. The van der Waals surface area contributed by atoms with E-state index in [-0.39, 0.29) is 23.8 Å². The van der Waals surface area contributed by atoms with E-state index in [1.807, 2.05) is 20.8 Å². The monoisotopic (exact) mass is 281 g/mol. The second-order valence-electron chi connectivity index (χ2n) is 7.06. The third-order valence-corrected chi connectivity index (χ3v) is 4.15. The highest BCUT2D eigenvalue weighted by atomic mass is 16.6. The first kappa shape index (κ1) is 15.0. The van der Waals surface area contributed by atoms with Crippen LogP contribution in [0.3, 0.4) is 0 Å². The lowest BCUT2D eigenvalue weighted by molar-refractivity contribution is -0.128. The van der Waals surface area contributed by atoms with Gasteiger partial charge in [-0.25, -0.2) is 4.79 Å². The van der Waals surface area contributed by atoms with Gasteiger partial charge in [0.1, 0.15) is 17.7 Å². The number of piperidine rings is 1. The second-order valence-corrected chi connectivity index (χ2v) is 7.06. The lowest BCUT2D eigenvalue weighted by Gasteiger charge is -2.37. The van der Waals surface area contributed by atoms with E-state index < -0.39 is 11.0 Å². The zero-order chi connectivity index (χ0) is 15.1. The Bertz CT molecular complexity index is 440. The van der Waals surface area contributed by atoms with Crippen molar-refractivity contribution in [3.63, 3.8) is 0 Å². The molecule has 0 aromatic carbocycles. The number of hydrogen-bond acceptors (Lipinski definition) is 4. The van der Waals surface area contributed by atoms with Crippen LogP contribution in [0.4, 0.5) is 4.79 Å². The molecule has 1 amide bonds. The molecule has 3 atom stereocenters. The van der Waals surface area contributed by atoms with Crippen LogP contribution in [0.1, 0.15) is 47.0 Å². The largest absolute Gasteiger partial charge is 0.444 e. The maximum Gasteiger partial charge on any atom is 0.410 e. The smallest absolute Gasteiger partial charge is 0.410 e. The molecule has 2 aliphatic rings. The standard InChI is InChI=1S/C15H23NO4/c1-10(18)8-15(9-17)5-6-16(12-7-11(12)15)13(19)20-14(2,3)4/h9,11-12H,5-8H2,1-4H3. The Balaban J connectivity index is 2.04. The predicted octanol–water partition coefficient (Wildman–Crippen LogP) is 2.18. The Kier molecular flexibility index (Phi) is 3.65. The van der Waals surface area contributed by atoms with Crippen LogP contribution in [0.5, 0.6) is 0 Å². The Morgan fingerprint density at radius 3 is 2.55 bits per heavy atom. The van der Waals surface area contributed by atoms with Crippen molar-refractivity contribution < 1.29 is 19.1 Å². The number of nitrogens with zero attached hydrogens (tertiary/aromatic N) is 1. The number of aldehydes is 1. The second kappa shape index (κ2) is 4.86. The van der Waals surface area contributed by atoms with Gasteiger partial charge in [-0.15, -0.1) is 0 Å². The fourth-order valence-electron chi connectivity index (χ4n) is 3.24. The summed E-state index contributed by atoms with van der Waals surface area (Å²) in [6, 6.07) is 0.0585. The van der Waals surface area contributed by atoms with Gasteiger partial charge in [-0.05, 0) is 46.5 Å². The highest BCUT2D eigenvalue weighted by Crippen LogP contribution is 2.55. The summed E-state index contributed by atoms with van der Waals surface area (Å²) in [6.45, 7) is 7.52. The molecule has 1 aliphatic heterocycles. The molecule has 112 valence electrons. The van der Waals surface area contributed by atoms with Gasteiger partial charge in [-0.2, -0.15) is 0 Å². The van der Waals surface area contributed by atoms with Crippen molar-refractivity contribution >= 4 is 18.2 Å². The minimum Gasteiger partial charge on any atom is -0.444 e. The average molecular weight is 281 g/mol. The molecule has 1 saturated carbocycles. The van der Waals surface area contributed by atoms with Gasteiger partial charge in [0, 0.05) is 24.4 Å². The Hall–Kier alpha value is -1.39. The number of Topliss-reactive ketones (excluding diaryl/α,β-unsaturated/α-hetero) is 1. The van der Waals surface area contributed by atoms with Crippen molar-refractivity contribution in [1.82, 2.24) is 4.90 Å². The highest BCUT2D eigenvalue weighted by Gasteiger charge is 2.60. The zero-order valence-electron chi connectivity index (χ0n) is 12.6. The molecule has 3 unspecified atom stereocenters. The minimum atomic E-state index is -0.561. The summed E-state index contributed by atoms with van der Waals surface area (Å²) in [5.41, 5.74) is -1.07. The van der Waals surface area contributed by atoms with E-state index in [1.54, 1.807) is 4.90 Å². The molecular weight excluding hydrogens is 258 g/mol. The summed E-state index contributed by atoms with van der Waals surface area (Å²) in [4.78, 5) is 36.7. The average Bonchev–Trinajstić information content (AvgIpc) is 3.06. The molecule has 5 nitrogen and oxygen atoms in total. The molecule has 0 N–H and O–H groups in total. The summed E-state index contributed by atoms with van der Waals surface area (Å²) in [7, 11) is 0. The number of rotatable bonds is 3. The molecule has 1 heterocycles. The van der Waals surface area contributed by atoms with E-state index in [1.165, 1.54) is 6.92 Å². The van der Waals surface area contributed by atoms with Crippen molar-refractivity contribution in [3.05, 3.63) is 0 Å². The molecule has 0 bridgehead atoms. The van der Waals surface area contributed by atoms with Crippen LogP contribution in [0, 0.1) is 11.3 Å². The minimum absolute atomic E-state index is 0.0356. The van der Waals surface area contributed by atoms with Crippen LogP contribution in [0.25, 0.3) is 0 Å². The van der Waals surface area contributed by atoms with E-state index >= 15 is 0 Å². The van der Waals surface area contributed by atoms with Crippen LogP contribution in [0.2, 0.25) is 0 Å². The number of amides is 1. The van der Waals surface area contributed by atoms with Crippen LogP contribution < -0.4 is 0 Å². The molecule has 2 rings (SSSR count). The number of likely N-dealkylation sites (tertiary alicyclic amines) is 1. The predicted molar refractivity (Wildman–Crippen MR) is 73.2 cm³/mol. The van der Waals surface area contributed by atoms with Gasteiger partial charge in [-0.1, -0.05) is 0 Å². The topological polar surface area (TPSA) is 63.7 Å². The van der Waals surface area contributed by atoms with Crippen LogP contribution in [-0.4, -0.2) is 41.3 Å². The van der Waals surface area contributed by atoms with E-state index in [0.29, 0.717) is 19.4 Å². The maximum absolute atomic E-state index is 12.1. The van der Waals surface area contributed by atoms with Crippen molar-refractivity contribution in [3.8, 4) is 0 Å². The number of carbonyl (C=O) groups is 3. The Morgan fingerprint density at radius 2 is 2.05 bits per heavy atom. The third kappa shape index (κ3) is 2.86. The molecular formula is C15H23NO4. The number of fused-ring (bicyclic) bond motifs is 1. The molecule has 1 saturated heterocycles. The van der Waals surface area contributed by atoms with Gasteiger partial charge in [0.05, 0.1) is 0 Å². The zero-order valence-corrected chi connectivity index (χ0v) is 12.6. The van der Waals surface area contributed by atoms with Crippen molar-refractivity contribution in [2.75, 3.05) is 6.54 Å². The summed E-state index contributed by atoms with van der Waals surface area (Å²) < 4.78 is 5.39. The molecule has 0 aromatic rings. The molecule has 5 heteroatoms. The first-order chi connectivity index (χ1) is 9.18. The Labute approximate surface area is 119 Å². The third-order valence-electron chi connectivity index (χ3n) is 4.15. The first-order valence-corrected chi connectivity index (χ1v) is 7.14. The van der Waals surface area contributed by atoms with Crippen LogP contribution in [0.15, 0.2) is 0 Å². The first-order valence-electron chi connectivity index (χ1n) is 7.14. The van der Waals surface area contributed by atoms with Crippen molar-refractivity contribution in [2.45, 2.75) is 58.6 Å². The molecule has 0 radical (unpaired) electrons. The van der Waals surface area contributed by atoms with Crippen LogP contribution >= 0.6 is 0 Å². The van der Waals surface area contributed by atoms with E-state index in [2.05, 4.69) is 0 Å². The van der Waals surface area contributed by atoms with Crippen molar-refractivity contribution in [2.24, 2.45) is 11.3 Å². The summed E-state index contributed by atoms with van der Waals surface area (Å²) >= 11 is 0. The normalized spacial score (nSPS) is 32.3. The number of hydrogen-bond donors (Lipinski definition) is 0. The summed E-state index contributed by atoms with van der Waals surface area (Å²) in [6.07, 6.45) is 2.26. The lowest BCUT2D eigenvalue weighted by Crippen LogP contribution is -2.47. The van der Waals surface area contributed by atoms with E-state index in [9.17, 15) is 14.4 Å². The van der Waals surface area contributed by atoms with Gasteiger partial charge in [0.15, 0.2) is 0 Å². The molecule has 2 fully saturated rings. The van der Waals surface area contributed by atoms with E-state index in [0.717, 1.165) is 12.7 Å². The number of ether oxygens (including phenoxy) is 1. The van der Waals surface area contributed by atoms with E-state index in [4.69, 9.17) is 4.74 Å². The van der Waals surface area contributed by atoms with Gasteiger partial charge in [0.2, 0.25) is 0 Å². The van der Waals surface area contributed by atoms with Crippen LogP contribution in [-0.2, 0) is 14.3 Å². The molecule has 0 aromatic heterocycles. The van der Waals surface area contributed by atoms with Crippen molar-refractivity contribution in [1.29, 1.82) is 0 Å².